The summed E-state index contributed by atoms with van der Waals surface area (Å²) in [5.74, 6) is 0.745. The SMILES string of the molecule is CC(C)[C@H](NS(=O)(=O)c1cn(C)cn1)c1nccn1C. The molecule has 1 N–H and O–H groups in total. The summed E-state index contributed by atoms with van der Waals surface area (Å²) in [4.78, 5) is 8.12. The zero-order valence-electron chi connectivity index (χ0n) is 12.0. The minimum atomic E-state index is -3.66. The van der Waals surface area contributed by atoms with Gasteiger partial charge in [0.1, 0.15) is 5.82 Å². The van der Waals surface area contributed by atoms with E-state index < -0.39 is 16.1 Å². The van der Waals surface area contributed by atoms with Crippen molar-refractivity contribution in [3.05, 3.63) is 30.7 Å². The Hall–Kier alpha value is -1.67. The van der Waals surface area contributed by atoms with Gasteiger partial charge in [-0.05, 0) is 5.92 Å². The predicted octanol–water partition coefficient (Wildman–Crippen LogP) is 0.829. The van der Waals surface area contributed by atoms with Gasteiger partial charge < -0.3 is 9.13 Å². The highest BCUT2D eigenvalue weighted by Crippen LogP contribution is 2.22. The summed E-state index contributed by atoms with van der Waals surface area (Å²) < 4.78 is 30.8. The minimum Gasteiger partial charge on any atom is -0.339 e. The second kappa shape index (κ2) is 5.37. The fourth-order valence-corrected chi connectivity index (χ4v) is 3.24. The van der Waals surface area contributed by atoms with E-state index in [1.807, 2.05) is 25.5 Å². The fourth-order valence-electron chi connectivity index (χ4n) is 1.92. The third-order valence-corrected chi connectivity index (χ3v) is 4.37. The molecule has 0 amide bonds. The third-order valence-electron chi connectivity index (χ3n) is 3.04. The van der Waals surface area contributed by atoms with Crippen molar-refractivity contribution in [1.82, 2.24) is 23.8 Å². The van der Waals surface area contributed by atoms with Crippen LogP contribution >= 0.6 is 0 Å². The molecule has 0 saturated heterocycles. The van der Waals surface area contributed by atoms with E-state index >= 15 is 0 Å². The van der Waals surface area contributed by atoms with Crippen LogP contribution in [0.5, 0.6) is 0 Å². The second-order valence-corrected chi connectivity index (χ2v) is 6.78. The molecule has 0 bridgehead atoms. The summed E-state index contributed by atoms with van der Waals surface area (Å²) in [6, 6.07) is -0.401. The van der Waals surface area contributed by atoms with Crippen LogP contribution in [-0.2, 0) is 24.1 Å². The van der Waals surface area contributed by atoms with E-state index in [0.29, 0.717) is 5.82 Å². The van der Waals surface area contributed by atoms with Crippen molar-refractivity contribution in [2.75, 3.05) is 0 Å². The summed E-state index contributed by atoms with van der Waals surface area (Å²) in [6.07, 6.45) is 6.37. The van der Waals surface area contributed by atoms with Crippen LogP contribution in [0.1, 0.15) is 25.7 Å². The molecular weight excluding hydrogens is 278 g/mol. The zero-order chi connectivity index (χ0) is 14.9. The van der Waals surface area contributed by atoms with E-state index in [2.05, 4.69) is 14.7 Å². The highest BCUT2D eigenvalue weighted by molar-refractivity contribution is 7.89. The Labute approximate surface area is 118 Å². The van der Waals surface area contributed by atoms with Crippen molar-refractivity contribution < 1.29 is 8.42 Å². The molecule has 0 spiro atoms. The van der Waals surface area contributed by atoms with Crippen LogP contribution in [0.2, 0.25) is 0 Å². The molecule has 0 aliphatic rings. The molecule has 2 rings (SSSR count). The number of imidazole rings is 2. The molecule has 0 saturated carbocycles. The average Bonchev–Trinajstić information content (AvgIpc) is 2.95. The van der Waals surface area contributed by atoms with Crippen LogP contribution in [0.25, 0.3) is 0 Å². The normalized spacial score (nSPS) is 13.8. The van der Waals surface area contributed by atoms with Gasteiger partial charge in [0.25, 0.3) is 10.0 Å². The van der Waals surface area contributed by atoms with E-state index in [-0.39, 0.29) is 10.9 Å². The van der Waals surface area contributed by atoms with Crippen LogP contribution in [0.15, 0.2) is 29.9 Å². The molecule has 110 valence electrons. The van der Waals surface area contributed by atoms with Crippen LogP contribution in [0, 0.1) is 5.92 Å². The summed E-state index contributed by atoms with van der Waals surface area (Å²) in [6.45, 7) is 3.89. The molecule has 0 unspecified atom stereocenters. The maximum absolute atomic E-state index is 12.3. The smallest absolute Gasteiger partial charge is 0.260 e. The molecule has 2 heterocycles. The van der Waals surface area contributed by atoms with Gasteiger partial charge in [-0.25, -0.2) is 18.4 Å². The summed E-state index contributed by atoms with van der Waals surface area (Å²) >= 11 is 0. The zero-order valence-corrected chi connectivity index (χ0v) is 12.8. The number of nitrogens with zero attached hydrogens (tertiary/aromatic N) is 4. The predicted molar refractivity (Wildman–Crippen MR) is 74.3 cm³/mol. The van der Waals surface area contributed by atoms with Gasteiger partial charge in [0.15, 0.2) is 5.03 Å². The first-order valence-corrected chi connectivity index (χ1v) is 7.77. The van der Waals surface area contributed by atoms with Crippen molar-refractivity contribution in [2.45, 2.75) is 24.9 Å². The number of aromatic nitrogens is 4. The van der Waals surface area contributed by atoms with E-state index in [1.54, 1.807) is 24.0 Å². The van der Waals surface area contributed by atoms with Crippen LogP contribution < -0.4 is 4.72 Å². The van der Waals surface area contributed by atoms with E-state index in [9.17, 15) is 8.42 Å². The highest BCUT2D eigenvalue weighted by Gasteiger charge is 2.27. The van der Waals surface area contributed by atoms with Crippen LogP contribution in [0.4, 0.5) is 0 Å². The molecule has 7 nitrogen and oxygen atoms in total. The summed E-state index contributed by atoms with van der Waals surface area (Å²) in [7, 11) is -0.0948. The monoisotopic (exact) mass is 297 g/mol. The first-order chi connectivity index (χ1) is 9.31. The molecule has 0 aliphatic carbocycles. The number of aryl methyl sites for hydroxylation is 2. The fraction of sp³-hybridized carbons (Fsp3) is 0.500. The summed E-state index contributed by atoms with van der Waals surface area (Å²) in [5, 5.41) is 0.0138. The van der Waals surface area contributed by atoms with Gasteiger partial charge in [0.05, 0.1) is 12.4 Å². The Balaban J connectivity index is 2.32. The molecule has 8 heteroatoms. The van der Waals surface area contributed by atoms with Gasteiger partial charge >= 0.3 is 0 Å². The largest absolute Gasteiger partial charge is 0.339 e. The first-order valence-electron chi connectivity index (χ1n) is 6.29. The van der Waals surface area contributed by atoms with Crippen molar-refractivity contribution in [1.29, 1.82) is 0 Å². The van der Waals surface area contributed by atoms with Gasteiger partial charge in [-0.1, -0.05) is 13.8 Å². The molecular formula is C12H19N5O2S. The van der Waals surface area contributed by atoms with Crippen LogP contribution in [0.3, 0.4) is 0 Å². The Morgan fingerprint density at radius 3 is 2.40 bits per heavy atom. The quantitative estimate of drug-likeness (QED) is 0.886. The highest BCUT2D eigenvalue weighted by atomic mass is 32.2. The molecule has 1 atom stereocenters. The molecule has 20 heavy (non-hydrogen) atoms. The minimum absolute atomic E-state index is 0.0138. The van der Waals surface area contributed by atoms with Crippen molar-refractivity contribution in [3.8, 4) is 0 Å². The topological polar surface area (TPSA) is 81.8 Å². The van der Waals surface area contributed by atoms with Crippen LogP contribution in [-0.4, -0.2) is 27.5 Å². The van der Waals surface area contributed by atoms with Gasteiger partial charge in [0, 0.05) is 32.7 Å². The van der Waals surface area contributed by atoms with Crippen molar-refractivity contribution in [3.63, 3.8) is 0 Å². The van der Waals surface area contributed by atoms with Gasteiger partial charge in [-0.15, -0.1) is 0 Å². The lowest BCUT2D eigenvalue weighted by atomic mass is 10.1. The van der Waals surface area contributed by atoms with Gasteiger partial charge in [0.2, 0.25) is 0 Å². The third kappa shape index (κ3) is 2.91. The summed E-state index contributed by atoms with van der Waals surface area (Å²) in [5.41, 5.74) is 0. The van der Waals surface area contributed by atoms with Gasteiger partial charge in [-0.3, -0.25) is 0 Å². The number of sulfonamides is 1. The van der Waals surface area contributed by atoms with E-state index in [4.69, 9.17) is 0 Å². The number of hydrogen-bond donors (Lipinski definition) is 1. The molecule has 2 aromatic rings. The second-order valence-electron chi connectivity index (χ2n) is 5.12. The standard InChI is InChI=1S/C12H19N5O2S/c1-9(2)11(12-13-5-6-17(12)4)15-20(18,19)10-7-16(3)8-14-10/h5-9,11,15H,1-4H3/t11-/m0/s1. The van der Waals surface area contributed by atoms with Gasteiger partial charge in [-0.2, -0.15) is 4.72 Å². The van der Waals surface area contributed by atoms with E-state index in [0.717, 1.165) is 0 Å². The number of hydrogen-bond acceptors (Lipinski definition) is 4. The maximum atomic E-state index is 12.3. The lowest BCUT2D eigenvalue weighted by Crippen LogP contribution is -2.33. The van der Waals surface area contributed by atoms with Crippen molar-refractivity contribution in [2.24, 2.45) is 20.0 Å². The Morgan fingerprint density at radius 1 is 1.25 bits per heavy atom. The maximum Gasteiger partial charge on any atom is 0.260 e. The number of rotatable bonds is 5. The van der Waals surface area contributed by atoms with E-state index in [1.165, 1.54) is 12.5 Å². The number of nitrogens with one attached hydrogen (secondary N) is 1. The lowest BCUT2D eigenvalue weighted by molar-refractivity contribution is 0.434. The Bertz CT molecular complexity index is 686. The molecule has 0 radical (unpaired) electrons. The molecule has 0 aromatic carbocycles. The molecule has 2 aromatic heterocycles. The molecule has 0 aliphatic heterocycles. The lowest BCUT2D eigenvalue weighted by Gasteiger charge is -2.21. The first kappa shape index (κ1) is 14.7. The molecule has 0 fully saturated rings. The Morgan fingerprint density at radius 2 is 1.95 bits per heavy atom. The van der Waals surface area contributed by atoms with Crippen molar-refractivity contribution >= 4 is 10.0 Å². The average molecular weight is 297 g/mol. The Kier molecular flexibility index (Phi) is 3.96.